The Bertz CT molecular complexity index is 419. The maximum absolute atomic E-state index is 12.7. The summed E-state index contributed by atoms with van der Waals surface area (Å²) in [6.07, 6.45) is -4.06. The lowest BCUT2D eigenvalue weighted by molar-refractivity contribution is -0.275. The van der Waals surface area contributed by atoms with Crippen LogP contribution in [0, 0.1) is 0 Å². The van der Waals surface area contributed by atoms with Gasteiger partial charge in [-0.3, -0.25) is 4.79 Å². The van der Waals surface area contributed by atoms with Crippen molar-refractivity contribution in [3.63, 3.8) is 0 Å². The van der Waals surface area contributed by atoms with Gasteiger partial charge in [0.05, 0.1) is 18.9 Å². The highest BCUT2D eigenvalue weighted by molar-refractivity contribution is 5.78. The predicted molar refractivity (Wildman–Crippen MR) is 47.7 cm³/mol. The van der Waals surface area contributed by atoms with E-state index in [1.54, 1.807) is 0 Å². The Morgan fingerprint density at radius 2 is 2.12 bits per heavy atom. The molecule has 0 radical (unpaired) electrons. The van der Waals surface area contributed by atoms with Crippen molar-refractivity contribution in [2.75, 3.05) is 7.11 Å². The van der Waals surface area contributed by atoms with Gasteiger partial charge in [0.15, 0.2) is 12.0 Å². The zero-order valence-electron chi connectivity index (χ0n) is 8.55. The summed E-state index contributed by atoms with van der Waals surface area (Å²) in [5.74, 6) is -1.20. The Hall–Kier alpha value is -1.86. The summed E-state index contributed by atoms with van der Waals surface area (Å²) in [6, 6.07) is 0. The summed E-state index contributed by atoms with van der Waals surface area (Å²) in [4.78, 5) is 13.9. The maximum atomic E-state index is 12.7. The van der Waals surface area contributed by atoms with E-state index in [1.807, 2.05) is 0 Å². The molecule has 0 saturated heterocycles. The molecular weight excluding hydrogens is 246 g/mol. The number of rotatable bonds is 4. The zero-order valence-corrected chi connectivity index (χ0v) is 8.55. The van der Waals surface area contributed by atoms with Crippen LogP contribution in [0.5, 0.6) is 11.5 Å². The number of aromatic nitrogens is 1. The molecule has 0 spiro atoms. The number of hydrogen-bond donors (Lipinski definition) is 0. The van der Waals surface area contributed by atoms with Crippen LogP contribution in [0.4, 0.5) is 17.6 Å². The third kappa shape index (κ3) is 3.05. The average Bonchev–Trinajstić information content (AvgIpc) is 2.26. The molecule has 0 aromatic carbocycles. The van der Waals surface area contributed by atoms with Crippen LogP contribution >= 0.6 is 0 Å². The second-order valence-corrected chi connectivity index (χ2v) is 2.82. The quantitative estimate of drug-likeness (QED) is 0.610. The van der Waals surface area contributed by atoms with Crippen LogP contribution in [-0.4, -0.2) is 24.7 Å². The number of alkyl halides is 4. The van der Waals surface area contributed by atoms with Crippen LogP contribution in [0.3, 0.4) is 0 Å². The van der Waals surface area contributed by atoms with Gasteiger partial charge in [0.1, 0.15) is 18.1 Å². The van der Waals surface area contributed by atoms with E-state index in [2.05, 4.69) is 14.5 Å². The fraction of sp³-hybridized carbons (Fsp3) is 0.333. The van der Waals surface area contributed by atoms with Crippen LogP contribution < -0.4 is 9.47 Å². The van der Waals surface area contributed by atoms with Crippen molar-refractivity contribution in [3.8, 4) is 11.5 Å². The molecule has 8 heteroatoms. The third-order valence-corrected chi connectivity index (χ3v) is 1.81. The van der Waals surface area contributed by atoms with E-state index < -0.39 is 30.0 Å². The van der Waals surface area contributed by atoms with Crippen molar-refractivity contribution in [2.24, 2.45) is 0 Å². The Balaban J connectivity index is 3.35. The van der Waals surface area contributed by atoms with E-state index in [-0.39, 0.29) is 12.0 Å². The van der Waals surface area contributed by atoms with Crippen molar-refractivity contribution in [2.45, 2.75) is 13.0 Å². The molecule has 94 valence electrons. The van der Waals surface area contributed by atoms with Crippen LogP contribution in [0.1, 0.15) is 16.1 Å². The standard InChI is InChI=1S/C9H7F4NO3/c1-16-7-3-14-6(4-15)8(5(7)2-10)17-9(11,12)13/h3-4H,2H2,1H3. The molecule has 0 bridgehead atoms. The summed E-state index contributed by atoms with van der Waals surface area (Å²) >= 11 is 0. The first-order valence-corrected chi connectivity index (χ1v) is 4.25. The van der Waals surface area contributed by atoms with Gasteiger partial charge in [-0.25, -0.2) is 9.37 Å². The van der Waals surface area contributed by atoms with E-state index in [9.17, 15) is 22.4 Å². The Kier molecular flexibility index (Phi) is 3.87. The lowest BCUT2D eigenvalue weighted by atomic mass is 10.2. The first-order chi connectivity index (χ1) is 7.92. The maximum Gasteiger partial charge on any atom is 0.573 e. The highest BCUT2D eigenvalue weighted by Gasteiger charge is 2.34. The number of aldehydes is 1. The van der Waals surface area contributed by atoms with Crippen LogP contribution in [0.15, 0.2) is 6.20 Å². The number of pyridine rings is 1. The SMILES string of the molecule is COc1cnc(C=O)c(OC(F)(F)F)c1CF. The molecule has 0 amide bonds. The molecule has 0 aliphatic carbocycles. The number of ether oxygens (including phenoxy) is 2. The van der Waals surface area contributed by atoms with Gasteiger partial charge < -0.3 is 9.47 Å². The zero-order chi connectivity index (χ0) is 13.1. The molecule has 0 fully saturated rings. The highest BCUT2D eigenvalue weighted by Crippen LogP contribution is 2.34. The minimum absolute atomic E-state index is 0.0413. The van der Waals surface area contributed by atoms with Gasteiger partial charge in [0, 0.05) is 0 Å². The number of hydrogen-bond acceptors (Lipinski definition) is 4. The number of nitrogens with zero attached hydrogens (tertiary/aromatic N) is 1. The normalized spacial score (nSPS) is 11.1. The van der Waals surface area contributed by atoms with Crippen molar-refractivity contribution >= 4 is 6.29 Å². The fourth-order valence-corrected chi connectivity index (χ4v) is 1.15. The highest BCUT2D eigenvalue weighted by atomic mass is 19.4. The van der Waals surface area contributed by atoms with Gasteiger partial charge >= 0.3 is 6.36 Å². The first-order valence-electron chi connectivity index (χ1n) is 4.25. The fourth-order valence-electron chi connectivity index (χ4n) is 1.15. The average molecular weight is 253 g/mol. The van der Waals surface area contributed by atoms with Crippen LogP contribution in [0.2, 0.25) is 0 Å². The van der Waals surface area contributed by atoms with Gasteiger partial charge in [-0.1, -0.05) is 0 Å². The molecule has 4 nitrogen and oxygen atoms in total. The molecule has 0 aliphatic heterocycles. The summed E-state index contributed by atoms with van der Waals surface area (Å²) in [5.41, 5.74) is -1.15. The minimum atomic E-state index is -5.05. The molecule has 0 unspecified atom stereocenters. The first kappa shape index (κ1) is 13.2. The predicted octanol–water partition coefficient (Wildman–Crippen LogP) is 2.27. The summed E-state index contributed by atoms with van der Waals surface area (Å²) < 4.78 is 57.1. The summed E-state index contributed by atoms with van der Waals surface area (Å²) in [6.45, 7) is -1.28. The van der Waals surface area contributed by atoms with Crippen LogP contribution in [-0.2, 0) is 6.67 Å². The molecule has 1 heterocycles. The smallest absolute Gasteiger partial charge is 0.495 e. The number of carbonyl (C=O) groups excluding carboxylic acids is 1. The van der Waals surface area contributed by atoms with E-state index in [4.69, 9.17) is 0 Å². The molecular formula is C9H7F4NO3. The Morgan fingerprint density at radius 1 is 1.47 bits per heavy atom. The largest absolute Gasteiger partial charge is 0.573 e. The Morgan fingerprint density at radius 3 is 2.53 bits per heavy atom. The topological polar surface area (TPSA) is 48.4 Å². The second kappa shape index (κ2) is 4.98. The van der Waals surface area contributed by atoms with E-state index in [1.165, 1.54) is 0 Å². The number of halogens is 4. The van der Waals surface area contributed by atoms with Gasteiger partial charge in [-0.15, -0.1) is 13.2 Å². The third-order valence-electron chi connectivity index (χ3n) is 1.81. The van der Waals surface area contributed by atoms with Crippen molar-refractivity contribution in [1.82, 2.24) is 4.98 Å². The van der Waals surface area contributed by atoms with Gasteiger partial charge in [-0.05, 0) is 0 Å². The minimum Gasteiger partial charge on any atom is -0.495 e. The van der Waals surface area contributed by atoms with Crippen molar-refractivity contribution in [3.05, 3.63) is 17.5 Å². The van der Waals surface area contributed by atoms with E-state index >= 15 is 0 Å². The molecule has 0 atom stereocenters. The Labute approximate surface area is 93.2 Å². The molecule has 1 aromatic rings. The van der Waals surface area contributed by atoms with Crippen LogP contribution in [0.25, 0.3) is 0 Å². The van der Waals surface area contributed by atoms with E-state index in [0.29, 0.717) is 0 Å². The van der Waals surface area contributed by atoms with Gasteiger partial charge in [-0.2, -0.15) is 0 Å². The lowest BCUT2D eigenvalue weighted by Crippen LogP contribution is -2.20. The molecule has 0 N–H and O–H groups in total. The summed E-state index contributed by atoms with van der Waals surface area (Å²) in [7, 11) is 1.13. The summed E-state index contributed by atoms with van der Waals surface area (Å²) in [5, 5.41) is 0. The molecule has 0 aliphatic rings. The molecule has 1 aromatic heterocycles. The van der Waals surface area contributed by atoms with Crippen molar-refractivity contribution < 1.29 is 31.8 Å². The van der Waals surface area contributed by atoms with E-state index in [0.717, 1.165) is 13.3 Å². The van der Waals surface area contributed by atoms with Gasteiger partial charge in [0.2, 0.25) is 0 Å². The molecule has 17 heavy (non-hydrogen) atoms. The molecule has 0 saturated carbocycles. The molecule has 1 rings (SSSR count). The van der Waals surface area contributed by atoms with Gasteiger partial charge in [0.25, 0.3) is 0 Å². The lowest BCUT2D eigenvalue weighted by Gasteiger charge is -2.15. The number of carbonyl (C=O) groups is 1. The monoisotopic (exact) mass is 253 g/mol. The second-order valence-electron chi connectivity index (χ2n) is 2.82. The van der Waals surface area contributed by atoms with Crippen molar-refractivity contribution in [1.29, 1.82) is 0 Å². The number of methoxy groups -OCH3 is 1.